The fourth-order valence-electron chi connectivity index (χ4n) is 2.04. The zero-order chi connectivity index (χ0) is 13.4. The lowest BCUT2D eigenvalue weighted by Crippen LogP contribution is -1.98. The molecule has 0 radical (unpaired) electrons. The summed E-state index contributed by atoms with van der Waals surface area (Å²) in [5.41, 5.74) is 8.82. The van der Waals surface area contributed by atoms with E-state index >= 15 is 0 Å². The third-order valence-corrected chi connectivity index (χ3v) is 2.96. The number of H-pyrrole nitrogens is 1. The summed E-state index contributed by atoms with van der Waals surface area (Å²) in [6.07, 6.45) is 1.63. The number of halogens is 1. The predicted octanol–water partition coefficient (Wildman–Crippen LogP) is 2.20. The number of nitrogen functional groups attached to an aromatic ring is 1. The van der Waals surface area contributed by atoms with Crippen LogP contribution in [0.15, 0.2) is 36.5 Å². The molecule has 0 saturated heterocycles. The normalized spacial score (nSPS) is 10.8. The van der Waals surface area contributed by atoms with Crippen molar-refractivity contribution < 1.29 is 4.39 Å². The molecule has 0 aliphatic carbocycles. The first-order valence-electron chi connectivity index (χ1n) is 5.75. The van der Waals surface area contributed by atoms with Crippen molar-refractivity contribution in [1.82, 2.24) is 20.0 Å². The zero-order valence-electron chi connectivity index (χ0n) is 10.3. The summed E-state index contributed by atoms with van der Waals surface area (Å²) in [5, 5.41) is 11.1. The van der Waals surface area contributed by atoms with Gasteiger partial charge in [-0.1, -0.05) is 12.1 Å². The lowest BCUT2D eigenvalue weighted by molar-refractivity contribution is 0.628. The van der Waals surface area contributed by atoms with Gasteiger partial charge in [-0.05, 0) is 23.8 Å². The minimum absolute atomic E-state index is 0.309. The van der Waals surface area contributed by atoms with Crippen LogP contribution in [-0.2, 0) is 7.05 Å². The number of aryl methyl sites for hydroxylation is 1. The van der Waals surface area contributed by atoms with Crippen LogP contribution in [0.2, 0.25) is 0 Å². The van der Waals surface area contributed by atoms with E-state index in [1.165, 1.54) is 12.1 Å². The van der Waals surface area contributed by atoms with Gasteiger partial charge in [0.2, 0.25) is 0 Å². The number of aromatic amines is 1. The fraction of sp³-hybridized carbons (Fsp3) is 0.0769. The monoisotopic (exact) mass is 257 g/mol. The van der Waals surface area contributed by atoms with Crippen LogP contribution in [0, 0.1) is 5.82 Å². The van der Waals surface area contributed by atoms with Gasteiger partial charge in [0.25, 0.3) is 0 Å². The average molecular weight is 257 g/mol. The number of nitrogens with two attached hydrogens (primary N) is 1. The molecule has 5 nitrogen and oxygen atoms in total. The van der Waals surface area contributed by atoms with Crippen molar-refractivity contribution in [3.05, 3.63) is 42.3 Å². The fourth-order valence-corrected chi connectivity index (χ4v) is 2.04. The molecule has 0 atom stereocenters. The maximum absolute atomic E-state index is 13.4. The van der Waals surface area contributed by atoms with E-state index in [9.17, 15) is 4.39 Å². The van der Waals surface area contributed by atoms with Crippen LogP contribution >= 0.6 is 0 Å². The second-order valence-corrected chi connectivity index (χ2v) is 4.21. The van der Waals surface area contributed by atoms with Crippen molar-refractivity contribution in [2.75, 3.05) is 5.73 Å². The van der Waals surface area contributed by atoms with Gasteiger partial charge in [0.1, 0.15) is 17.3 Å². The first kappa shape index (κ1) is 11.5. The average Bonchev–Trinajstić information content (AvgIpc) is 2.99. The number of aromatic nitrogens is 4. The number of hydrogen-bond donors (Lipinski definition) is 2. The van der Waals surface area contributed by atoms with E-state index in [4.69, 9.17) is 5.73 Å². The molecule has 0 spiro atoms. The molecule has 0 aliphatic heterocycles. The Labute approximate surface area is 108 Å². The zero-order valence-corrected chi connectivity index (χ0v) is 10.3. The lowest BCUT2D eigenvalue weighted by Gasteiger charge is -2.03. The lowest BCUT2D eigenvalue weighted by atomic mass is 10.0. The van der Waals surface area contributed by atoms with E-state index in [0.717, 1.165) is 5.69 Å². The molecule has 0 saturated carbocycles. The van der Waals surface area contributed by atoms with E-state index in [2.05, 4.69) is 15.3 Å². The molecule has 3 rings (SSSR count). The molecule has 2 heterocycles. The highest BCUT2D eigenvalue weighted by Crippen LogP contribution is 2.34. The van der Waals surface area contributed by atoms with Crippen molar-refractivity contribution in [2.45, 2.75) is 0 Å². The third-order valence-electron chi connectivity index (χ3n) is 2.96. The summed E-state index contributed by atoms with van der Waals surface area (Å²) >= 11 is 0. The predicted molar refractivity (Wildman–Crippen MR) is 70.6 cm³/mol. The highest BCUT2D eigenvalue weighted by atomic mass is 19.1. The molecule has 6 heteroatoms. The van der Waals surface area contributed by atoms with Crippen molar-refractivity contribution in [3.8, 4) is 22.5 Å². The van der Waals surface area contributed by atoms with Gasteiger partial charge in [0.15, 0.2) is 0 Å². The minimum atomic E-state index is -0.309. The van der Waals surface area contributed by atoms with Crippen LogP contribution < -0.4 is 5.73 Å². The molecule has 2 aromatic heterocycles. The van der Waals surface area contributed by atoms with Crippen molar-refractivity contribution >= 4 is 5.82 Å². The van der Waals surface area contributed by atoms with Gasteiger partial charge in [-0.3, -0.25) is 9.78 Å². The Bertz CT molecular complexity index is 715. The quantitative estimate of drug-likeness (QED) is 0.739. The largest absolute Gasteiger partial charge is 0.383 e. The third kappa shape index (κ3) is 1.87. The van der Waals surface area contributed by atoms with Crippen molar-refractivity contribution in [1.29, 1.82) is 0 Å². The first-order chi connectivity index (χ1) is 9.16. The molecule has 0 unspecified atom stereocenters. The molecular weight excluding hydrogens is 245 g/mol. The molecule has 19 heavy (non-hydrogen) atoms. The molecule has 96 valence electrons. The van der Waals surface area contributed by atoms with E-state index < -0.39 is 0 Å². The minimum Gasteiger partial charge on any atom is -0.383 e. The standard InChI is InChI=1S/C13H12FN5/c1-19-13(15)11(8-3-2-4-9(14)7-8)12(18-19)10-5-6-16-17-10/h2-7H,15H2,1H3,(H,16,17). The molecule has 1 aromatic carbocycles. The maximum atomic E-state index is 13.4. The van der Waals surface area contributed by atoms with Gasteiger partial charge in [-0.2, -0.15) is 10.2 Å². The van der Waals surface area contributed by atoms with Crippen LogP contribution in [0.25, 0.3) is 22.5 Å². The molecule has 0 bridgehead atoms. The van der Waals surface area contributed by atoms with E-state index in [1.807, 2.05) is 0 Å². The van der Waals surface area contributed by atoms with Gasteiger partial charge in [0, 0.05) is 13.2 Å². The summed E-state index contributed by atoms with van der Waals surface area (Å²) in [6.45, 7) is 0. The van der Waals surface area contributed by atoms with Gasteiger partial charge >= 0.3 is 0 Å². The first-order valence-corrected chi connectivity index (χ1v) is 5.75. The number of rotatable bonds is 2. The summed E-state index contributed by atoms with van der Waals surface area (Å²) < 4.78 is 14.9. The van der Waals surface area contributed by atoms with E-state index in [1.54, 1.807) is 36.1 Å². The van der Waals surface area contributed by atoms with Crippen LogP contribution in [0.4, 0.5) is 10.2 Å². The highest BCUT2D eigenvalue weighted by Gasteiger charge is 2.18. The van der Waals surface area contributed by atoms with E-state index in [-0.39, 0.29) is 5.82 Å². The number of anilines is 1. The van der Waals surface area contributed by atoms with Gasteiger partial charge < -0.3 is 5.73 Å². The molecule has 3 N–H and O–H groups in total. The Hall–Kier alpha value is -2.63. The molecular formula is C13H12FN5. The number of hydrogen-bond acceptors (Lipinski definition) is 3. The van der Waals surface area contributed by atoms with Crippen LogP contribution in [-0.4, -0.2) is 20.0 Å². The van der Waals surface area contributed by atoms with Crippen molar-refractivity contribution in [2.24, 2.45) is 7.05 Å². The molecule has 0 amide bonds. The number of nitrogens with one attached hydrogen (secondary N) is 1. The molecule has 0 aliphatic rings. The summed E-state index contributed by atoms with van der Waals surface area (Å²) in [6, 6.07) is 8.08. The van der Waals surface area contributed by atoms with Crippen LogP contribution in [0.5, 0.6) is 0 Å². The Balaban J connectivity index is 2.26. The van der Waals surface area contributed by atoms with Gasteiger partial charge in [-0.15, -0.1) is 0 Å². The summed E-state index contributed by atoms with van der Waals surface area (Å²) in [7, 11) is 1.75. The Morgan fingerprint density at radius 1 is 1.32 bits per heavy atom. The molecule has 3 aromatic rings. The molecule has 0 fully saturated rings. The van der Waals surface area contributed by atoms with E-state index in [0.29, 0.717) is 22.6 Å². The Morgan fingerprint density at radius 3 is 2.84 bits per heavy atom. The maximum Gasteiger partial charge on any atom is 0.129 e. The topological polar surface area (TPSA) is 72.5 Å². The number of nitrogens with zero attached hydrogens (tertiary/aromatic N) is 3. The number of benzene rings is 1. The van der Waals surface area contributed by atoms with Gasteiger partial charge in [-0.25, -0.2) is 4.39 Å². The highest BCUT2D eigenvalue weighted by molar-refractivity contribution is 5.86. The van der Waals surface area contributed by atoms with Crippen LogP contribution in [0.3, 0.4) is 0 Å². The Morgan fingerprint density at radius 2 is 2.16 bits per heavy atom. The summed E-state index contributed by atoms with van der Waals surface area (Å²) in [5.74, 6) is 0.173. The second kappa shape index (κ2) is 4.24. The SMILES string of the molecule is Cn1nc(-c2ccn[nH]2)c(-c2cccc(F)c2)c1N. The van der Waals surface area contributed by atoms with Crippen molar-refractivity contribution in [3.63, 3.8) is 0 Å². The second-order valence-electron chi connectivity index (χ2n) is 4.21. The van der Waals surface area contributed by atoms with Crippen LogP contribution in [0.1, 0.15) is 0 Å². The van der Waals surface area contributed by atoms with Gasteiger partial charge in [0.05, 0.1) is 11.3 Å². The summed E-state index contributed by atoms with van der Waals surface area (Å²) in [4.78, 5) is 0. The smallest absolute Gasteiger partial charge is 0.129 e. The Kier molecular flexibility index (Phi) is 2.56.